The lowest BCUT2D eigenvalue weighted by Gasteiger charge is -2.33. The molecule has 1 saturated heterocycles. The zero-order chi connectivity index (χ0) is 23.2. The second-order valence-corrected chi connectivity index (χ2v) is 8.33. The Kier molecular flexibility index (Phi) is 4.68. The number of nitrogens with zero attached hydrogens (tertiary/aromatic N) is 5. The van der Waals surface area contributed by atoms with Crippen molar-refractivity contribution in [1.82, 2.24) is 29.5 Å². The lowest BCUT2D eigenvalue weighted by Crippen LogP contribution is -2.37. The average Bonchev–Trinajstić information content (AvgIpc) is 3.38. The molecule has 5 heterocycles. The van der Waals surface area contributed by atoms with Gasteiger partial charge in [-0.2, -0.15) is 0 Å². The molecule has 4 aromatic heterocycles. The lowest BCUT2D eigenvalue weighted by atomic mass is 10.0. The number of hydrogen-bond donors (Lipinski definition) is 2. The maximum Gasteiger partial charge on any atom is 0.417 e. The van der Waals surface area contributed by atoms with Gasteiger partial charge in [-0.3, -0.25) is 14.5 Å². The van der Waals surface area contributed by atoms with Crippen molar-refractivity contribution in [2.45, 2.75) is 25.8 Å². The number of aryl methyl sites for hydroxylation is 1. The van der Waals surface area contributed by atoms with Crippen molar-refractivity contribution < 1.29 is 9.15 Å². The van der Waals surface area contributed by atoms with Gasteiger partial charge in [0.25, 0.3) is 0 Å². The summed E-state index contributed by atoms with van der Waals surface area (Å²) in [6, 6.07) is 9.10. The second-order valence-electron chi connectivity index (χ2n) is 8.33. The molecule has 172 valence electrons. The van der Waals surface area contributed by atoms with Gasteiger partial charge < -0.3 is 14.1 Å². The van der Waals surface area contributed by atoms with Gasteiger partial charge >= 0.3 is 11.4 Å². The quantitative estimate of drug-likeness (QED) is 0.419. The van der Waals surface area contributed by atoms with E-state index in [1.54, 1.807) is 18.3 Å². The predicted octanol–water partition coefficient (Wildman–Crippen LogP) is 2.89. The Morgan fingerprint density at radius 1 is 1.09 bits per heavy atom. The summed E-state index contributed by atoms with van der Waals surface area (Å²) in [4.78, 5) is 44.5. The van der Waals surface area contributed by atoms with Crippen LogP contribution in [0.3, 0.4) is 0 Å². The molecule has 1 fully saturated rings. The number of oxazole rings is 1. The minimum atomic E-state index is -0.505. The van der Waals surface area contributed by atoms with E-state index in [9.17, 15) is 9.59 Å². The van der Waals surface area contributed by atoms with Gasteiger partial charge in [0.2, 0.25) is 5.88 Å². The van der Waals surface area contributed by atoms with Crippen LogP contribution in [0.5, 0.6) is 11.6 Å². The van der Waals surface area contributed by atoms with Crippen LogP contribution in [0.15, 0.2) is 56.9 Å². The van der Waals surface area contributed by atoms with Crippen LogP contribution in [0, 0.1) is 6.92 Å². The highest BCUT2D eigenvalue weighted by Gasteiger charge is 2.25. The van der Waals surface area contributed by atoms with Crippen molar-refractivity contribution in [3.8, 4) is 11.6 Å². The van der Waals surface area contributed by atoms with Crippen LogP contribution in [0.4, 0.5) is 5.82 Å². The van der Waals surface area contributed by atoms with Gasteiger partial charge in [0.15, 0.2) is 11.2 Å². The molecule has 1 aromatic carbocycles. The molecule has 0 radical (unpaired) electrons. The maximum absolute atomic E-state index is 12.5. The molecule has 0 amide bonds. The minimum Gasteiger partial charge on any atom is -0.439 e. The molecule has 0 spiro atoms. The first kappa shape index (κ1) is 20.2. The summed E-state index contributed by atoms with van der Waals surface area (Å²) >= 11 is 0. The Hall–Kier alpha value is -4.41. The van der Waals surface area contributed by atoms with E-state index in [-0.39, 0.29) is 11.7 Å². The van der Waals surface area contributed by atoms with E-state index in [4.69, 9.17) is 9.15 Å². The zero-order valence-electron chi connectivity index (χ0n) is 18.3. The van der Waals surface area contributed by atoms with Gasteiger partial charge in [-0.25, -0.2) is 24.5 Å². The number of aromatic amines is 2. The Morgan fingerprint density at radius 2 is 1.94 bits per heavy atom. The van der Waals surface area contributed by atoms with E-state index < -0.39 is 5.76 Å². The van der Waals surface area contributed by atoms with Gasteiger partial charge in [0.1, 0.15) is 17.9 Å². The van der Waals surface area contributed by atoms with Crippen molar-refractivity contribution in [3.63, 3.8) is 0 Å². The highest BCUT2D eigenvalue weighted by molar-refractivity contribution is 5.78. The highest BCUT2D eigenvalue weighted by atomic mass is 16.5. The molecule has 2 N–H and O–H groups in total. The number of fused-ring (bicyclic) bond motifs is 2. The Morgan fingerprint density at radius 3 is 2.79 bits per heavy atom. The standard InChI is InChI=1S/C23H21N7O4/c1-13-9-15(10-17-20(13)27-23(32)34-17)33-19-11-18(25-12-26-19)29-7-4-14(5-8-29)30-16-3-2-6-24-21(16)28-22(30)31/h2-3,6,9-12,14H,4-5,7-8H2,1H3,(H,27,32)(H,24,28,31). The van der Waals surface area contributed by atoms with Crippen LogP contribution in [-0.2, 0) is 0 Å². The van der Waals surface area contributed by atoms with Crippen LogP contribution in [0.1, 0.15) is 24.4 Å². The molecule has 34 heavy (non-hydrogen) atoms. The fourth-order valence-electron chi connectivity index (χ4n) is 4.60. The van der Waals surface area contributed by atoms with Gasteiger partial charge in [-0.05, 0) is 43.5 Å². The van der Waals surface area contributed by atoms with E-state index >= 15 is 0 Å². The summed E-state index contributed by atoms with van der Waals surface area (Å²) in [5, 5.41) is 0. The van der Waals surface area contributed by atoms with Crippen molar-refractivity contribution in [2.24, 2.45) is 0 Å². The number of hydrogen-bond acceptors (Lipinski definition) is 8. The van der Waals surface area contributed by atoms with Gasteiger partial charge in [-0.15, -0.1) is 0 Å². The number of anilines is 1. The van der Waals surface area contributed by atoms with Crippen LogP contribution in [0.2, 0.25) is 0 Å². The van der Waals surface area contributed by atoms with Crippen molar-refractivity contribution in [2.75, 3.05) is 18.0 Å². The summed E-state index contributed by atoms with van der Waals surface area (Å²) < 4.78 is 12.9. The van der Waals surface area contributed by atoms with E-state index in [2.05, 4.69) is 29.8 Å². The molecule has 5 aromatic rings. The lowest BCUT2D eigenvalue weighted by molar-refractivity contribution is 0.394. The molecule has 0 atom stereocenters. The molecule has 1 aliphatic rings. The smallest absolute Gasteiger partial charge is 0.417 e. The van der Waals surface area contributed by atoms with Crippen molar-refractivity contribution in [1.29, 1.82) is 0 Å². The number of rotatable bonds is 4. The van der Waals surface area contributed by atoms with Crippen LogP contribution >= 0.6 is 0 Å². The van der Waals surface area contributed by atoms with Crippen LogP contribution in [0.25, 0.3) is 22.3 Å². The number of aromatic nitrogens is 6. The number of ether oxygens (including phenoxy) is 1. The van der Waals surface area contributed by atoms with E-state index in [0.29, 0.717) is 28.4 Å². The molecule has 1 aliphatic heterocycles. The first-order chi connectivity index (χ1) is 16.5. The third-order valence-corrected chi connectivity index (χ3v) is 6.20. The highest BCUT2D eigenvalue weighted by Crippen LogP contribution is 2.30. The SMILES string of the molecule is Cc1cc(Oc2cc(N3CCC(n4c(=O)[nH]c5ncccc54)CC3)ncn2)cc2oc(=O)[nH]c12. The molecular weight excluding hydrogens is 438 g/mol. The summed E-state index contributed by atoms with van der Waals surface area (Å²) in [7, 11) is 0. The molecular formula is C23H21N7O4. The monoisotopic (exact) mass is 459 g/mol. The molecule has 0 unspecified atom stereocenters. The zero-order valence-corrected chi connectivity index (χ0v) is 18.3. The third kappa shape index (κ3) is 3.51. The number of nitrogens with one attached hydrogen (secondary N) is 2. The number of piperidine rings is 1. The maximum atomic E-state index is 12.5. The second kappa shape index (κ2) is 7.87. The predicted molar refractivity (Wildman–Crippen MR) is 125 cm³/mol. The van der Waals surface area contributed by atoms with Gasteiger partial charge in [0.05, 0.1) is 11.0 Å². The van der Waals surface area contributed by atoms with Crippen LogP contribution < -0.4 is 21.1 Å². The fourth-order valence-corrected chi connectivity index (χ4v) is 4.60. The summed E-state index contributed by atoms with van der Waals surface area (Å²) in [5.74, 6) is 1.16. The Labute approximate surface area is 192 Å². The molecule has 11 nitrogen and oxygen atoms in total. The first-order valence-electron chi connectivity index (χ1n) is 11.0. The van der Waals surface area contributed by atoms with Gasteiger partial charge in [-0.1, -0.05) is 0 Å². The number of H-pyrrole nitrogens is 2. The molecule has 0 bridgehead atoms. The average molecular weight is 459 g/mol. The molecule has 0 saturated carbocycles. The van der Waals surface area contributed by atoms with Crippen molar-refractivity contribution in [3.05, 3.63) is 69.5 Å². The van der Waals surface area contributed by atoms with Gasteiger partial charge in [0, 0.05) is 37.5 Å². The number of benzene rings is 1. The molecule has 0 aliphatic carbocycles. The summed E-state index contributed by atoms with van der Waals surface area (Å²) in [5.41, 5.74) is 3.22. The number of pyridine rings is 1. The normalized spacial score (nSPS) is 14.8. The van der Waals surface area contributed by atoms with Crippen molar-refractivity contribution >= 4 is 28.1 Å². The summed E-state index contributed by atoms with van der Waals surface area (Å²) in [6.07, 6.45) is 4.73. The number of imidazole rings is 1. The van der Waals surface area contributed by atoms with E-state index in [0.717, 1.165) is 42.8 Å². The van der Waals surface area contributed by atoms with Crippen LogP contribution in [-0.4, -0.2) is 42.6 Å². The Bertz CT molecular complexity index is 1620. The summed E-state index contributed by atoms with van der Waals surface area (Å²) in [6.45, 7) is 3.34. The largest absolute Gasteiger partial charge is 0.439 e. The first-order valence-corrected chi connectivity index (χ1v) is 11.0. The minimum absolute atomic E-state index is 0.0879. The van der Waals surface area contributed by atoms with E-state index in [1.807, 2.05) is 29.7 Å². The van der Waals surface area contributed by atoms with E-state index in [1.165, 1.54) is 6.33 Å². The third-order valence-electron chi connectivity index (χ3n) is 6.20. The molecule has 6 rings (SSSR count). The Balaban J connectivity index is 1.19. The topological polar surface area (TPSA) is 135 Å². The fraction of sp³-hybridized carbons (Fsp3) is 0.261. The molecule has 11 heteroatoms.